The second-order valence-corrected chi connectivity index (χ2v) is 8.93. The summed E-state index contributed by atoms with van der Waals surface area (Å²) < 4.78 is 27.4. The maximum atomic E-state index is 13.4. The molecule has 3 rings (SSSR count). The zero-order valence-electron chi connectivity index (χ0n) is 16.2. The largest absolute Gasteiger partial charge is 0.480 e. The van der Waals surface area contributed by atoms with Crippen LogP contribution >= 0.6 is 23.2 Å². The zero-order chi connectivity index (χ0) is 23.3. The second-order valence-electron chi connectivity index (χ2n) is 6.33. The first-order chi connectivity index (χ1) is 15.2. The number of halogens is 2. The van der Waals surface area contributed by atoms with Gasteiger partial charge in [0, 0.05) is 10.6 Å². The van der Waals surface area contributed by atoms with Crippen molar-refractivity contribution in [1.29, 1.82) is 0 Å². The number of carboxylic acid groups (broad SMARTS) is 1. The van der Waals surface area contributed by atoms with Gasteiger partial charge in [-0.05, 0) is 54.6 Å². The van der Waals surface area contributed by atoms with E-state index in [4.69, 9.17) is 33.1 Å². The fourth-order valence-corrected chi connectivity index (χ4v) is 4.25. The van der Waals surface area contributed by atoms with Crippen LogP contribution in [0.25, 0.3) is 0 Å². The van der Waals surface area contributed by atoms with Gasteiger partial charge in [0.25, 0.3) is 15.9 Å². The minimum Gasteiger partial charge on any atom is -0.480 e. The number of anilines is 1. The van der Waals surface area contributed by atoms with E-state index >= 15 is 0 Å². The molecular formula is C21H16Cl2N2O6S. The van der Waals surface area contributed by atoms with Gasteiger partial charge >= 0.3 is 5.97 Å². The van der Waals surface area contributed by atoms with Crippen molar-refractivity contribution in [2.24, 2.45) is 0 Å². The second kappa shape index (κ2) is 9.90. The fourth-order valence-electron chi connectivity index (χ4n) is 2.56. The third kappa shape index (κ3) is 5.50. The summed E-state index contributed by atoms with van der Waals surface area (Å²) in [4.78, 5) is 28.1. The minimum atomic E-state index is -4.25. The van der Waals surface area contributed by atoms with Crippen LogP contribution in [0.2, 0.25) is 10.0 Å². The molecule has 0 fully saturated rings. The summed E-state index contributed by atoms with van der Waals surface area (Å²) in [7, 11) is -4.25. The molecule has 2 N–H and O–H groups in total. The Bertz CT molecular complexity index is 1230. The first kappa shape index (κ1) is 23.4. The molecule has 166 valence electrons. The lowest BCUT2D eigenvalue weighted by Crippen LogP contribution is -2.34. The smallest absolute Gasteiger partial charge is 0.322 e. The molecule has 32 heavy (non-hydrogen) atoms. The number of carbonyl (C=O) groups excluding carboxylic acids is 1. The maximum absolute atomic E-state index is 13.4. The molecule has 0 aromatic heterocycles. The van der Waals surface area contributed by atoms with Crippen LogP contribution in [0.3, 0.4) is 0 Å². The van der Waals surface area contributed by atoms with Crippen LogP contribution in [0.4, 0.5) is 5.69 Å². The van der Waals surface area contributed by atoms with Crippen LogP contribution in [0.1, 0.15) is 10.4 Å². The number of aliphatic carboxylic acids is 1. The molecule has 0 unspecified atom stereocenters. The van der Waals surface area contributed by atoms with Crippen LogP contribution < -0.4 is 14.6 Å². The number of amides is 1. The quantitative estimate of drug-likeness (QED) is 0.457. The molecule has 3 aromatic carbocycles. The van der Waals surface area contributed by atoms with Gasteiger partial charge in [0.15, 0.2) is 5.75 Å². The van der Waals surface area contributed by atoms with Crippen molar-refractivity contribution in [3.8, 4) is 5.75 Å². The van der Waals surface area contributed by atoms with Crippen molar-refractivity contribution in [2.45, 2.75) is 4.90 Å². The van der Waals surface area contributed by atoms with E-state index < -0.39 is 28.4 Å². The average Bonchev–Trinajstić information content (AvgIpc) is 2.77. The van der Waals surface area contributed by atoms with Gasteiger partial charge in [-0.15, -0.1) is 0 Å². The Morgan fingerprint density at radius 2 is 1.62 bits per heavy atom. The van der Waals surface area contributed by atoms with Crippen molar-refractivity contribution < 1.29 is 28.0 Å². The highest BCUT2D eigenvalue weighted by atomic mass is 35.5. The Morgan fingerprint density at radius 1 is 0.969 bits per heavy atom. The van der Waals surface area contributed by atoms with Crippen molar-refractivity contribution >= 4 is 50.8 Å². The van der Waals surface area contributed by atoms with Gasteiger partial charge in [-0.1, -0.05) is 45.9 Å². The number of carboxylic acids is 1. The van der Waals surface area contributed by atoms with Crippen molar-refractivity contribution in [3.63, 3.8) is 0 Å². The number of carbonyl (C=O) groups is 2. The number of para-hydroxylation sites is 1. The summed E-state index contributed by atoms with van der Waals surface area (Å²) >= 11 is 12.0. The predicted molar refractivity (Wildman–Crippen MR) is 120 cm³/mol. The summed E-state index contributed by atoms with van der Waals surface area (Å²) in [5, 5.41) is 11.3. The van der Waals surface area contributed by atoms with Gasteiger partial charge in [0.1, 0.15) is 6.54 Å². The Balaban J connectivity index is 1.95. The molecular weight excluding hydrogens is 479 g/mol. The molecule has 8 nitrogen and oxygen atoms in total. The molecule has 0 radical (unpaired) electrons. The number of sulfonamides is 1. The summed E-state index contributed by atoms with van der Waals surface area (Å²) in [6, 6.07) is 17.4. The molecule has 0 spiro atoms. The molecule has 0 heterocycles. The molecule has 0 aliphatic rings. The third-order valence-electron chi connectivity index (χ3n) is 4.08. The van der Waals surface area contributed by atoms with E-state index in [1.807, 2.05) is 0 Å². The van der Waals surface area contributed by atoms with E-state index in [1.165, 1.54) is 54.6 Å². The van der Waals surface area contributed by atoms with Crippen LogP contribution in [0, 0.1) is 0 Å². The summed E-state index contributed by atoms with van der Waals surface area (Å²) in [5.74, 6) is -1.79. The fraction of sp³-hybridized carbons (Fsp3) is 0.0476. The van der Waals surface area contributed by atoms with E-state index in [0.717, 1.165) is 0 Å². The lowest BCUT2D eigenvalue weighted by atomic mass is 10.2. The third-order valence-corrected chi connectivity index (χ3v) is 6.20. The van der Waals surface area contributed by atoms with Crippen molar-refractivity contribution in [2.75, 3.05) is 11.0 Å². The maximum Gasteiger partial charge on any atom is 0.322 e. The van der Waals surface area contributed by atoms with E-state index in [0.29, 0.717) is 9.49 Å². The van der Waals surface area contributed by atoms with E-state index in [9.17, 15) is 18.0 Å². The zero-order valence-corrected chi connectivity index (χ0v) is 18.6. The molecule has 0 saturated heterocycles. The number of nitrogens with one attached hydrogen (secondary N) is 1. The molecule has 0 saturated carbocycles. The summed E-state index contributed by atoms with van der Waals surface area (Å²) in [6.45, 7) is -0.559. The van der Waals surface area contributed by atoms with E-state index in [2.05, 4.69) is 5.32 Å². The highest BCUT2D eigenvalue weighted by Crippen LogP contribution is 2.32. The normalized spacial score (nSPS) is 10.9. The monoisotopic (exact) mass is 494 g/mol. The summed E-state index contributed by atoms with van der Waals surface area (Å²) in [5.41, 5.74) is 0.305. The SMILES string of the molecule is O=C(O)CNC(=O)c1ccc(S(=O)(=O)N(Oc2ccc(Cl)cc2Cl)c2ccccc2)cc1. The van der Waals surface area contributed by atoms with Gasteiger partial charge in [0.05, 0.1) is 15.6 Å². The number of hydrogen-bond acceptors (Lipinski definition) is 5. The van der Waals surface area contributed by atoms with Gasteiger partial charge in [0.2, 0.25) is 0 Å². The molecule has 1 amide bonds. The molecule has 3 aromatic rings. The summed E-state index contributed by atoms with van der Waals surface area (Å²) in [6.07, 6.45) is 0. The highest BCUT2D eigenvalue weighted by molar-refractivity contribution is 7.92. The first-order valence-electron chi connectivity index (χ1n) is 9.02. The van der Waals surface area contributed by atoms with Gasteiger partial charge in [-0.2, -0.15) is 8.42 Å². The van der Waals surface area contributed by atoms with Crippen LogP contribution in [0.5, 0.6) is 5.75 Å². The van der Waals surface area contributed by atoms with E-state index in [-0.39, 0.29) is 26.9 Å². The number of hydrogen-bond donors (Lipinski definition) is 2. The number of benzene rings is 3. The Morgan fingerprint density at radius 3 is 2.22 bits per heavy atom. The van der Waals surface area contributed by atoms with Crippen LogP contribution in [0.15, 0.2) is 77.7 Å². The predicted octanol–water partition coefficient (Wildman–Crippen LogP) is 4.00. The molecule has 11 heteroatoms. The molecule has 0 aliphatic heterocycles. The average molecular weight is 495 g/mol. The van der Waals surface area contributed by atoms with Gasteiger partial charge < -0.3 is 15.3 Å². The topological polar surface area (TPSA) is 113 Å². The molecule has 0 aliphatic carbocycles. The lowest BCUT2D eigenvalue weighted by Gasteiger charge is -2.24. The van der Waals surface area contributed by atoms with E-state index in [1.54, 1.807) is 18.2 Å². The van der Waals surface area contributed by atoms with Crippen molar-refractivity contribution in [1.82, 2.24) is 5.32 Å². The lowest BCUT2D eigenvalue weighted by molar-refractivity contribution is -0.135. The molecule has 0 atom stereocenters. The Hall–Kier alpha value is -3.27. The van der Waals surface area contributed by atoms with Gasteiger partial charge in [-0.25, -0.2) is 0 Å². The minimum absolute atomic E-state index is 0.0631. The Kier molecular flexibility index (Phi) is 7.24. The number of rotatable bonds is 8. The first-order valence-corrected chi connectivity index (χ1v) is 11.2. The Labute approximate surface area is 194 Å². The van der Waals surface area contributed by atoms with Crippen molar-refractivity contribution in [3.05, 3.63) is 88.4 Å². The number of nitrogens with zero attached hydrogens (tertiary/aromatic N) is 1. The van der Waals surface area contributed by atoms with Crippen LogP contribution in [-0.4, -0.2) is 31.9 Å². The highest BCUT2D eigenvalue weighted by Gasteiger charge is 2.28. The standard InChI is InChI=1S/C21H16Cl2N2O6S/c22-15-8-11-19(18(23)12-15)31-25(16-4-2-1-3-5-16)32(29,30)17-9-6-14(7-10-17)21(28)24-13-20(26)27/h1-12H,13H2,(H,24,28)(H,26,27). The molecule has 0 bridgehead atoms. The van der Waals surface area contributed by atoms with Gasteiger partial charge in [-0.3, -0.25) is 9.59 Å². The van der Waals surface area contributed by atoms with Crippen LogP contribution in [-0.2, 0) is 14.8 Å².